The molecule has 0 aromatic rings. The van der Waals surface area contributed by atoms with Crippen molar-refractivity contribution < 1.29 is 4.79 Å². The summed E-state index contributed by atoms with van der Waals surface area (Å²) in [5.41, 5.74) is 5.49. The number of nitrogens with two attached hydrogens (primary N) is 1. The molecule has 0 saturated heterocycles. The van der Waals surface area contributed by atoms with E-state index in [0.29, 0.717) is 25.6 Å². The Kier molecular flexibility index (Phi) is 6.98. The third-order valence-electron chi connectivity index (χ3n) is 3.57. The molecule has 0 spiro atoms. The highest BCUT2D eigenvalue weighted by atomic mass is 16.2. The molecular formula is C14H27N3O. The van der Waals surface area contributed by atoms with Crippen LogP contribution in [0.3, 0.4) is 0 Å². The van der Waals surface area contributed by atoms with Gasteiger partial charge in [0.1, 0.15) is 0 Å². The molecule has 1 amide bonds. The van der Waals surface area contributed by atoms with Gasteiger partial charge in [-0.2, -0.15) is 0 Å². The zero-order chi connectivity index (χ0) is 13.4. The summed E-state index contributed by atoms with van der Waals surface area (Å²) < 4.78 is 0. The SMILES string of the molecule is C=CCN(C1CCCCC1)N(CC)C(=O)CCN. The normalized spacial score (nSPS) is 16.8. The van der Waals surface area contributed by atoms with Gasteiger partial charge in [-0.1, -0.05) is 25.3 Å². The predicted molar refractivity (Wildman–Crippen MR) is 74.8 cm³/mol. The number of rotatable bonds is 7. The molecule has 1 aliphatic carbocycles. The molecule has 0 aliphatic heterocycles. The summed E-state index contributed by atoms with van der Waals surface area (Å²) >= 11 is 0. The quantitative estimate of drug-likeness (QED) is 0.557. The van der Waals surface area contributed by atoms with Crippen molar-refractivity contribution in [2.75, 3.05) is 19.6 Å². The second kappa shape index (κ2) is 8.27. The Balaban J connectivity index is 2.72. The Labute approximate surface area is 111 Å². The van der Waals surface area contributed by atoms with Crippen molar-refractivity contribution in [2.45, 2.75) is 51.5 Å². The van der Waals surface area contributed by atoms with Crippen LogP contribution in [0.2, 0.25) is 0 Å². The highest BCUT2D eigenvalue weighted by Crippen LogP contribution is 2.24. The van der Waals surface area contributed by atoms with Crippen LogP contribution in [-0.4, -0.2) is 41.6 Å². The summed E-state index contributed by atoms with van der Waals surface area (Å²) in [6, 6.07) is 0.485. The molecule has 0 aromatic heterocycles. The summed E-state index contributed by atoms with van der Waals surface area (Å²) in [4.78, 5) is 12.1. The standard InChI is InChI=1S/C14H27N3O/c1-3-12-17(13-8-6-5-7-9-13)16(4-2)14(18)10-11-15/h3,13H,1,4-12,15H2,2H3. The second-order valence-corrected chi connectivity index (χ2v) is 4.85. The first-order valence-corrected chi connectivity index (χ1v) is 7.12. The lowest BCUT2D eigenvalue weighted by atomic mass is 9.95. The van der Waals surface area contributed by atoms with E-state index in [9.17, 15) is 4.79 Å². The minimum absolute atomic E-state index is 0.132. The van der Waals surface area contributed by atoms with Crippen molar-refractivity contribution in [1.29, 1.82) is 0 Å². The van der Waals surface area contributed by atoms with Gasteiger partial charge in [0.05, 0.1) is 0 Å². The molecule has 0 unspecified atom stereocenters. The van der Waals surface area contributed by atoms with Crippen LogP contribution in [0, 0.1) is 0 Å². The van der Waals surface area contributed by atoms with Crippen molar-refractivity contribution >= 4 is 5.91 Å². The van der Waals surface area contributed by atoms with Crippen molar-refractivity contribution in [3.8, 4) is 0 Å². The van der Waals surface area contributed by atoms with E-state index in [0.717, 1.165) is 6.54 Å². The zero-order valence-electron chi connectivity index (χ0n) is 11.6. The first-order chi connectivity index (χ1) is 8.74. The van der Waals surface area contributed by atoms with E-state index in [1.807, 2.05) is 18.0 Å². The molecule has 0 heterocycles. The molecule has 18 heavy (non-hydrogen) atoms. The first-order valence-electron chi connectivity index (χ1n) is 7.12. The molecule has 1 saturated carbocycles. The minimum Gasteiger partial charge on any atom is -0.330 e. The largest absolute Gasteiger partial charge is 0.330 e. The van der Waals surface area contributed by atoms with E-state index in [-0.39, 0.29) is 5.91 Å². The molecule has 4 nitrogen and oxygen atoms in total. The van der Waals surface area contributed by atoms with Crippen LogP contribution >= 0.6 is 0 Å². The molecule has 1 fully saturated rings. The average molecular weight is 253 g/mol. The van der Waals surface area contributed by atoms with Crippen molar-refractivity contribution in [3.05, 3.63) is 12.7 Å². The van der Waals surface area contributed by atoms with Gasteiger partial charge in [-0.25, -0.2) is 5.01 Å². The molecule has 4 heteroatoms. The second-order valence-electron chi connectivity index (χ2n) is 4.85. The molecule has 1 aliphatic rings. The molecule has 0 atom stereocenters. The molecule has 0 radical (unpaired) electrons. The molecule has 0 aromatic carbocycles. The number of hydrazine groups is 1. The third kappa shape index (κ3) is 4.10. The van der Waals surface area contributed by atoms with Gasteiger partial charge < -0.3 is 5.73 Å². The third-order valence-corrected chi connectivity index (χ3v) is 3.57. The van der Waals surface area contributed by atoms with E-state index in [1.54, 1.807) is 0 Å². The van der Waals surface area contributed by atoms with E-state index >= 15 is 0 Å². The lowest BCUT2D eigenvalue weighted by Gasteiger charge is -2.41. The molecule has 1 rings (SSSR count). The van der Waals surface area contributed by atoms with Gasteiger partial charge in [-0.05, 0) is 19.8 Å². The van der Waals surface area contributed by atoms with Crippen LogP contribution in [0.4, 0.5) is 0 Å². The van der Waals surface area contributed by atoms with Crippen molar-refractivity contribution in [3.63, 3.8) is 0 Å². The molecule has 104 valence electrons. The zero-order valence-corrected chi connectivity index (χ0v) is 11.6. The maximum atomic E-state index is 12.1. The van der Waals surface area contributed by atoms with Gasteiger partial charge in [-0.15, -0.1) is 6.58 Å². The monoisotopic (exact) mass is 253 g/mol. The fourth-order valence-corrected chi connectivity index (χ4v) is 2.71. The minimum atomic E-state index is 0.132. The summed E-state index contributed by atoms with van der Waals surface area (Å²) in [7, 11) is 0. The van der Waals surface area contributed by atoms with Crippen molar-refractivity contribution in [1.82, 2.24) is 10.0 Å². The van der Waals surface area contributed by atoms with E-state index in [1.165, 1.54) is 32.1 Å². The average Bonchev–Trinajstić information content (AvgIpc) is 2.40. The molecular weight excluding hydrogens is 226 g/mol. The maximum Gasteiger partial charge on any atom is 0.238 e. The number of hydrogen-bond acceptors (Lipinski definition) is 3. The highest BCUT2D eigenvalue weighted by molar-refractivity contribution is 5.75. The predicted octanol–water partition coefficient (Wildman–Crippen LogP) is 1.92. The van der Waals surface area contributed by atoms with Gasteiger partial charge in [-0.3, -0.25) is 9.80 Å². The van der Waals surface area contributed by atoms with E-state index in [2.05, 4.69) is 11.6 Å². The topological polar surface area (TPSA) is 49.6 Å². The van der Waals surface area contributed by atoms with Gasteiger partial charge in [0.2, 0.25) is 5.91 Å². The lowest BCUT2D eigenvalue weighted by molar-refractivity contribution is -0.153. The van der Waals surface area contributed by atoms with Crippen LogP contribution in [0.5, 0.6) is 0 Å². The Morgan fingerprint density at radius 2 is 2.06 bits per heavy atom. The fraction of sp³-hybridized carbons (Fsp3) is 0.786. The molecule has 0 bridgehead atoms. The first kappa shape index (κ1) is 15.2. The van der Waals surface area contributed by atoms with Crippen LogP contribution < -0.4 is 5.73 Å². The summed E-state index contributed by atoms with van der Waals surface area (Å²) in [5.74, 6) is 0.132. The Morgan fingerprint density at radius 3 is 2.56 bits per heavy atom. The number of amides is 1. The Bertz CT molecular complexity index is 262. The van der Waals surface area contributed by atoms with Gasteiger partial charge in [0.15, 0.2) is 0 Å². The number of carbonyl (C=O) groups is 1. The van der Waals surface area contributed by atoms with Gasteiger partial charge >= 0.3 is 0 Å². The van der Waals surface area contributed by atoms with Crippen LogP contribution in [0.15, 0.2) is 12.7 Å². The highest BCUT2D eigenvalue weighted by Gasteiger charge is 2.27. The van der Waals surface area contributed by atoms with E-state index in [4.69, 9.17) is 5.73 Å². The summed E-state index contributed by atoms with van der Waals surface area (Å²) in [5, 5.41) is 4.06. The van der Waals surface area contributed by atoms with Gasteiger partial charge in [0, 0.05) is 32.1 Å². The van der Waals surface area contributed by atoms with Crippen molar-refractivity contribution in [2.24, 2.45) is 5.73 Å². The lowest BCUT2D eigenvalue weighted by Crippen LogP contribution is -2.52. The maximum absolute atomic E-state index is 12.1. The summed E-state index contributed by atoms with van der Waals surface area (Å²) in [6.07, 6.45) is 8.52. The fourth-order valence-electron chi connectivity index (χ4n) is 2.71. The Hall–Kier alpha value is -0.870. The molecule has 2 N–H and O–H groups in total. The summed E-state index contributed by atoms with van der Waals surface area (Å²) in [6.45, 7) is 7.71. The van der Waals surface area contributed by atoms with E-state index < -0.39 is 0 Å². The smallest absolute Gasteiger partial charge is 0.238 e. The Morgan fingerprint density at radius 1 is 1.39 bits per heavy atom. The number of hydrogen-bond donors (Lipinski definition) is 1. The van der Waals surface area contributed by atoms with Crippen LogP contribution in [-0.2, 0) is 4.79 Å². The number of nitrogens with zero attached hydrogens (tertiary/aromatic N) is 2. The van der Waals surface area contributed by atoms with Crippen LogP contribution in [0.1, 0.15) is 45.4 Å². The number of carbonyl (C=O) groups excluding carboxylic acids is 1. The van der Waals surface area contributed by atoms with Crippen LogP contribution in [0.25, 0.3) is 0 Å². The van der Waals surface area contributed by atoms with Gasteiger partial charge in [0.25, 0.3) is 0 Å².